The maximum Gasteiger partial charge on any atom is 0.251 e. The molecule has 0 aliphatic heterocycles. The number of aromatic nitrogens is 3. The van der Waals surface area contributed by atoms with Crippen molar-refractivity contribution < 1.29 is 32.9 Å². The Bertz CT molecular complexity index is 1730. The molecule has 2 aliphatic carbocycles. The number of amides is 1. The van der Waals surface area contributed by atoms with Gasteiger partial charge in [-0.25, -0.2) is 18.2 Å². The van der Waals surface area contributed by atoms with Crippen molar-refractivity contribution >= 4 is 16.8 Å². The van der Waals surface area contributed by atoms with Gasteiger partial charge in [-0.05, 0) is 95.0 Å². The van der Waals surface area contributed by atoms with Crippen LogP contribution in [0.2, 0.25) is 0 Å². The molecule has 2 saturated carbocycles. The SMILES string of the molecule is Cc1cc2cc(C(=O)NCC(O)(c3cc(C(C)(C)O)c(F)c(-c4ccc(F)cc4)n3)C3(F)CC3)cc(OC3CC3)c2nn1. The predicted molar refractivity (Wildman–Crippen MR) is 152 cm³/mol. The van der Waals surface area contributed by atoms with E-state index in [9.17, 15) is 19.4 Å². The summed E-state index contributed by atoms with van der Waals surface area (Å²) in [6.07, 6.45) is 1.77. The fourth-order valence-corrected chi connectivity index (χ4v) is 5.11. The van der Waals surface area contributed by atoms with E-state index in [-0.39, 0.29) is 47.0 Å². The van der Waals surface area contributed by atoms with Crippen LogP contribution in [-0.2, 0) is 11.2 Å². The van der Waals surface area contributed by atoms with Crippen molar-refractivity contribution in [1.29, 1.82) is 0 Å². The molecule has 2 fully saturated rings. The van der Waals surface area contributed by atoms with Crippen LogP contribution in [0.4, 0.5) is 13.2 Å². The van der Waals surface area contributed by atoms with Gasteiger partial charge in [-0.15, -0.1) is 5.10 Å². The summed E-state index contributed by atoms with van der Waals surface area (Å²) in [6.45, 7) is 3.87. The third-order valence-corrected chi connectivity index (χ3v) is 7.95. The van der Waals surface area contributed by atoms with E-state index in [1.165, 1.54) is 32.0 Å². The number of hydrogen-bond donors (Lipinski definition) is 3. The average Bonchev–Trinajstić information content (AvgIpc) is 3.90. The molecule has 3 N–H and O–H groups in total. The monoisotopic (exact) mass is 592 g/mol. The van der Waals surface area contributed by atoms with Crippen LogP contribution in [0.3, 0.4) is 0 Å². The van der Waals surface area contributed by atoms with E-state index >= 15 is 8.78 Å². The minimum atomic E-state index is -2.38. The largest absolute Gasteiger partial charge is 0.488 e. The first-order valence-corrected chi connectivity index (χ1v) is 14.1. The van der Waals surface area contributed by atoms with Gasteiger partial charge in [0.1, 0.15) is 28.4 Å². The van der Waals surface area contributed by atoms with Crippen LogP contribution < -0.4 is 10.1 Å². The topological polar surface area (TPSA) is 117 Å². The normalized spacial score (nSPS) is 17.4. The Morgan fingerprint density at radius 1 is 1.07 bits per heavy atom. The van der Waals surface area contributed by atoms with Gasteiger partial charge in [0.15, 0.2) is 11.4 Å². The van der Waals surface area contributed by atoms with Gasteiger partial charge < -0.3 is 20.3 Å². The molecule has 43 heavy (non-hydrogen) atoms. The average molecular weight is 593 g/mol. The number of hydrogen-bond acceptors (Lipinski definition) is 7. The van der Waals surface area contributed by atoms with Crippen molar-refractivity contribution in [3.05, 3.63) is 82.7 Å². The molecular weight excluding hydrogens is 561 g/mol. The molecule has 0 bridgehead atoms. The molecule has 0 saturated heterocycles. The maximum absolute atomic E-state index is 16.0. The van der Waals surface area contributed by atoms with Gasteiger partial charge in [0, 0.05) is 22.1 Å². The quantitative estimate of drug-likeness (QED) is 0.246. The summed E-state index contributed by atoms with van der Waals surface area (Å²) < 4.78 is 51.3. The van der Waals surface area contributed by atoms with Gasteiger partial charge in [0.05, 0.1) is 29.6 Å². The molecule has 1 amide bonds. The number of carbonyl (C=O) groups excluding carboxylic acids is 1. The first-order valence-electron chi connectivity index (χ1n) is 14.1. The first kappa shape index (κ1) is 29.0. The van der Waals surface area contributed by atoms with Crippen LogP contribution >= 0.6 is 0 Å². The molecule has 8 nitrogen and oxygen atoms in total. The molecule has 11 heteroatoms. The van der Waals surface area contributed by atoms with Gasteiger partial charge in [-0.2, -0.15) is 5.10 Å². The van der Waals surface area contributed by atoms with Crippen LogP contribution in [0.15, 0.2) is 48.5 Å². The second-order valence-electron chi connectivity index (χ2n) is 12.0. The number of benzene rings is 2. The van der Waals surface area contributed by atoms with E-state index in [0.717, 1.165) is 31.0 Å². The van der Waals surface area contributed by atoms with Crippen molar-refractivity contribution in [2.24, 2.45) is 0 Å². The number of halogens is 3. The zero-order chi connectivity index (χ0) is 30.7. The Labute approximate surface area is 245 Å². The molecule has 2 aromatic carbocycles. The highest BCUT2D eigenvalue weighted by Crippen LogP contribution is 2.53. The second kappa shape index (κ2) is 10.3. The van der Waals surface area contributed by atoms with Gasteiger partial charge in [-0.1, -0.05) is 0 Å². The molecule has 1 atom stereocenters. The van der Waals surface area contributed by atoms with Crippen molar-refractivity contribution in [2.45, 2.75) is 69.4 Å². The molecule has 0 radical (unpaired) electrons. The van der Waals surface area contributed by atoms with E-state index in [1.54, 1.807) is 19.1 Å². The molecule has 2 heterocycles. The number of rotatable bonds is 9. The van der Waals surface area contributed by atoms with Gasteiger partial charge in [0.2, 0.25) is 0 Å². The number of nitrogens with one attached hydrogen (secondary N) is 1. The van der Waals surface area contributed by atoms with E-state index in [1.807, 2.05) is 0 Å². The van der Waals surface area contributed by atoms with Gasteiger partial charge >= 0.3 is 0 Å². The zero-order valence-electron chi connectivity index (χ0n) is 23.9. The Morgan fingerprint density at radius 2 is 1.77 bits per heavy atom. The molecular formula is C32H31F3N4O4. The zero-order valence-corrected chi connectivity index (χ0v) is 23.9. The van der Waals surface area contributed by atoms with Crippen molar-refractivity contribution in [3.8, 4) is 17.0 Å². The Balaban J connectivity index is 1.38. The lowest BCUT2D eigenvalue weighted by atomic mass is 9.86. The molecule has 224 valence electrons. The van der Waals surface area contributed by atoms with Crippen molar-refractivity contribution in [2.75, 3.05) is 6.54 Å². The summed E-state index contributed by atoms with van der Waals surface area (Å²) in [5.41, 5.74) is -5.56. The highest BCUT2D eigenvalue weighted by Gasteiger charge is 2.62. The van der Waals surface area contributed by atoms with E-state index in [0.29, 0.717) is 22.3 Å². The lowest BCUT2D eigenvalue weighted by Crippen LogP contribution is -2.49. The lowest BCUT2D eigenvalue weighted by molar-refractivity contribution is -0.0569. The molecule has 4 aromatic rings. The first-order chi connectivity index (χ1) is 20.3. The summed E-state index contributed by atoms with van der Waals surface area (Å²) in [5, 5.41) is 34.3. The predicted octanol–water partition coefficient (Wildman–Crippen LogP) is 5.17. The molecule has 6 rings (SSSR count). The maximum atomic E-state index is 16.0. The summed E-state index contributed by atoms with van der Waals surface area (Å²) in [5.74, 6) is -1.65. The lowest BCUT2D eigenvalue weighted by Gasteiger charge is -2.33. The molecule has 2 aromatic heterocycles. The number of aliphatic hydroxyl groups is 2. The molecule has 2 aliphatic rings. The summed E-state index contributed by atoms with van der Waals surface area (Å²) >= 11 is 0. The third-order valence-electron chi connectivity index (χ3n) is 7.95. The molecule has 1 unspecified atom stereocenters. The number of nitrogens with zero attached hydrogens (tertiary/aromatic N) is 3. The Morgan fingerprint density at radius 3 is 2.40 bits per heavy atom. The van der Waals surface area contributed by atoms with E-state index in [4.69, 9.17) is 4.74 Å². The number of fused-ring (bicyclic) bond motifs is 1. The smallest absolute Gasteiger partial charge is 0.251 e. The van der Waals surface area contributed by atoms with Crippen LogP contribution in [-0.4, -0.2) is 49.6 Å². The van der Waals surface area contributed by atoms with Gasteiger partial charge in [-0.3, -0.25) is 4.79 Å². The summed E-state index contributed by atoms with van der Waals surface area (Å²) in [6, 6.07) is 10.9. The fraction of sp³-hybridized carbons (Fsp3) is 0.375. The summed E-state index contributed by atoms with van der Waals surface area (Å²) in [7, 11) is 0. The van der Waals surface area contributed by atoms with Crippen LogP contribution in [0.25, 0.3) is 22.2 Å². The highest BCUT2D eigenvalue weighted by atomic mass is 19.1. The minimum absolute atomic E-state index is 0.0184. The minimum Gasteiger partial charge on any atom is -0.488 e. The number of aryl methyl sites for hydroxylation is 1. The molecule has 0 spiro atoms. The standard InChI is InChI=1S/C32H31F3N4O4/c1-17-12-19-13-20(14-24(27(19)39-38-17)43-22-8-9-22)29(40)36-16-32(42,31(35)10-11-31)25-15-23(30(2,3)41)26(34)28(37-25)18-4-6-21(33)7-5-18/h4-7,12-15,22,41-42H,8-11,16H2,1-3H3,(H,36,40). The summed E-state index contributed by atoms with van der Waals surface area (Å²) in [4.78, 5) is 17.8. The van der Waals surface area contributed by atoms with Crippen LogP contribution in [0, 0.1) is 18.6 Å². The van der Waals surface area contributed by atoms with Crippen molar-refractivity contribution in [1.82, 2.24) is 20.5 Å². The fourth-order valence-electron chi connectivity index (χ4n) is 5.11. The number of carbonyl (C=O) groups is 1. The number of ether oxygens (including phenoxy) is 1. The van der Waals surface area contributed by atoms with E-state index in [2.05, 4.69) is 20.5 Å². The Hall–Kier alpha value is -4.09. The number of alkyl halides is 1. The van der Waals surface area contributed by atoms with Crippen LogP contribution in [0.1, 0.15) is 66.8 Å². The second-order valence-corrected chi connectivity index (χ2v) is 12.0. The third kappa shape index (κ3) is 5.54. The van der Waals surface area contributed by atoms with Crippen LogP contribution in [0.5, 0.6) is 5.75 Å². The van der Waals surface area contributed by atoms with E-state index < -0.39 is 41.0 Å². The van der Waals surface area contributed by atoms with Crippen molar-refractivity contribution in [3.63, 3.8) is 0 Å². The number of pyridine rings is 1. The van der Waals surface area contributed by atoms with Gasteiger partial charge in [0.25, 0.3) is 5.91 Å². The highest BCUT2D eigenvalue weighted by molar-refractivity contribution is 6.00. The Kier molecular flexibility index (Phi) is 6.93.